The lowest BCUT2D eigenvalue weighted by Gasteiger charge is -2.37. The summed E-state index contributed by atoms with van der Waals surface area (Å²) in [5.74, 6) is 1.39. The number of rotatable bonds is 4. The molecule has 3 aromatic rings. The summed E-state index contributed by atoms with van der Waals surface area (Å²) < 4.78 is 0. The van der Waals surface area contributed by atoms with Crippen molar-refractivity contribution in [2.24, 2.45) is 5.73 Å². The van der Waals surface area contributed by atoms with E-state index >= 15 is 0 Å². The van der Waals surface area contributed by atoms with E-state index in [4.69, 9.17) is 15.7 Å². The van der Waals surface area contributed by atoms with Gasteiger partial charge in [0.2, 0.25) is 5.91 Å². The summed E-state index contributed by atoms with van der Waals surface area (Å²) in [7, 11) is 0. The van der Waals surface area contributed by atoms with Gasteiger partial charge < -0.3 is 15.5 Å². The third kappa shape index (κ3) is 3.47. The number of anilines is 2. The number of aromatic nitrogens is 3. The van der Waals surface area contributed by atoms with E-state index in [-0.39, 0.29) is 0 Å². The molecule has 1 aliphatic heterocycles. The molecule has 2 N–H and O–H groups in total. The van der Waals surface area contributed by atoms with Crippen molar-refractivity contribution in [3.05, 3.63) is 65.5 Å². The van der Waals surface area contributed by atoms with Crippen molar-refractivity contribution in [2.45, 2.75) is 19.3 Å². The predicted octanol–water partition coefficient (Wildman–Crippen LogP) is 2.45. The summed E-state index contributed by atoms with van der Waals surface area (Å²) in [5.41, 5.74) is 10.3. The zero-order valence-electron chi connectivity index (χ0n) is 16.8. The molecule has 2 aromatic heterocycles. The molecule has 0 radical (unpaired) electrons. The first-order valence-electron chi connectivity index (χ1n) is 10.4. The second-order valence-electron chi connectivity index (χ2n) is 7.75. The summed E-state index contributed by atoms with van der Waals surface area (Å²) in [5, 5.41) is 0. The SMILES string of the molecule is NC(=O)c1ccc(N2CCN(c3nc(-c4ccccn4)nc4c3CCC4)CC2)cc1. The molecule has 0 bridgehead atoms. The van der Waals surface area contributed by atoms with Gasteiger partial charge in [-0.1, -0.05) is 6.07 Å². The number of piperazine rings is 1. The van der Waals surface area contributed by atoms with Crippen LogP contribution in [-0.2, 0) is 12.8 Å². The highest BCUT2D eigenvalue weighted by atomic mass is 16.1. The molecule has 1 amide bonds. The number of pyridine rings is 1. The minimum absolute atomic E-state index is 0.396. The highest BCUT2D eigenvalue weighted by Crippen LogP contribution is 2.32. The van der Waals surface area contributed by atoms with E-state index in [1.54, 1.807) is 18.3 Å². The highest BCUT2D eigenvalue weighted by Gasteiger charge is 2.26. The van der Waals surface area contributed by atoms with Gasteiger partial charge in [-0.2, -0.15) is 0 Å². The highest BCUT2D eigenvalue weighted by molar-refractivity contribution is 5.93. The monoisotopic (exact) mass is 400 g/mol. The van der Waals surface area contributed by atoms with Crippen molar-refractivity contribution in [1.29, 1.82) is 0 Å². The second-order valence-corrected chi connectivity index (χ2v) is 7.75. The Morgan fingerprint density at radius 3 is 2.37 bits per heavy atom. The van der Waals surface area contributed by atoms with Crippen molar-refractivity contribution < 1.29 is 4.79 Å². The number of primary amides is 1. The summed E-state index contributed by atoms with van der Waals surface area (Å²) in [4.78, 5) is 30.2. The average Bonchev–Trinajstić information content (AvgIpc) is 3.28. The number of fused-ring (bicyclic) bond motifs is 1. The Bertz CT molecular complexity index is 1060. The van der Waals surface area contributed by atoms with E-state index < -0.39 is 5.91 Å². The summed E-state index contributed by atoms with van der Waals surface area (Å²) in [6.07, 6.45) is 4.97. The van der Waals surface area contributed by atoms with Crippen LogP contribution < -0.4 is 15.5 Å². The smallest absolute Gasteiger partial charge is 0.248 e. The quantitative estimate of drug-likeness (QED) is 0.724. The van der Waals surface area contributed by atoms with Crippen LogP contribution >= 0.6 is 0 Å². The van der Waals surface area contributed by atoms with Crippen LogP contribution in [0.4, 0.5) is 11.5 Å². The Hall–Kier alpha value is -3.48. The van der Waals surface area contributed by atoms with Crippen molar-refractivity contribution >= 4 is 17.4 Å². The molecule has 1 saturated heterocycles. The van der Waals surface area contributed by atoms with Crippen LogP contribution in [0.2, 0.25) is 0 Å². The number of aryl methyl sites for hydroxylation is 1. The fraction of sp³-hybridized carbons (Fsp3) is 0.304. The minimum atomic E-state index is -0.396. The largest absolute Gasteiger partial charge is 0.368 e. The molecule has 0 unspecified atom stereocenters. The van der Waals surface area contributed by atoms with Crippen LogP contribution in [-0.4, -0.2) is 47.0 Å². The fourth-order valence-corrected chi connectivity index (χ4v) is 4.30. The molecule has 0 spiro atoms. The molecule has 152 valence electrons. The normalized spacial score (nSPS) is 15.9. The maximum Gasteiger partial charge on any atom is 0.248 e. The molecular formula is C23H24N6O. The van der Waals surface area contributed by atoms with Crippen LogP contribution in [0.3, 0.4) is 0 Å². The zero-order chi connectivity index (χ0) is 20.5. The van der Waals surface area contributed by atoms with E-state index in [1.165, 1.54) is 11.3 Å². The molecule has 1 fully saturated rings. The van der Waals surface area contributed by atoms with Crippen LogP contribution in [0.15, 0.2) is 48.7 Å². The van der Waals surface area contributed by atoms with Gasteiger partial charge in [0.25, 0.3) is 0 Å². The topological polar surface area (TPSA) is 88.2 Å². The zero-order valence-corrected chi connectivity index (χ0v) is 16.8. The number of amides is 1. The number of hydrogen-bond donors (Lipinski definition) is 1. The third-order valence-electron chi connectivity index (χ3n) is 5.90. The molecule has 7 heteroatoms. The Labute approximate surface area is 175 Å². The molecule has 7 nitrogen and oxygen atoms in total. The first kappa shape index (κ1) is 18.5. The Morgan fingerprint density at radius 1 is 0.900 bits per heavy atom. The van der Waals surface area contributed by atoms with E-state index in [0.29, 0.717) is 5.56 Å². The summed E-state index contributed by atoms with van der Waals surface area (Å²) in [6.45, 7) is 3.58. The number of hydrogen-bond acceptors (Lipinski definition) is 6. The molecule has 30 heavy (non-hydrogen) atoms. The molecule has 3 heterocycles. The van der Waals surface area contributed by atoms with Crippen LogP contribution in [0.5, 0.6) is 0 Å². The number of carbonyl (C=O) groups excluding carboxylic acids is 1. The van der Waals surface area contributed by atoms with Gasteiger partial charge in [0.05, 0.1) is 0 Å². The van der Waals surface area contributed by atoms with Crippen LogP contribution in [0, 0.1) is 0 Å². The predicted molar refractivity (Wildman–Crippen MR) is 117 cm³/mol. The third-order valence-corrected chi connectivity index (χ3v) is 5.90. The van der Waals surface area contributed by atoms with Crippen molar-refractivity contribution in [3.8, 4) is 11.5 Å². The molecule has 1 aromatic carbocycles. The van der Waals surface area contributed by atoms with Crippen LogP contribution in [0.25, 0.3) is 11.5 Å². The lowest BCUT2D eigenvalue weighted by atomic mass is 10.1. The second kappa shape index (κ2) is 7.74. The molecule has 1 aliphatic carbocycles. The van der Waals surface area contributed by atoms with Crippen LogP contribution in [0.1, 0.15) is 28.0 Å². The Morgan fingerprint density at radius 2 is 1.67 bits per heavy atom. The van der Waals surface area contributed by atoms with Gasteiger partial charge in [-0.25, -0.2) is 9.97 Å². The van der Waals surface area contributed by atoms with Crippen molar-refractivity contribution in [1.82, 2.24) is 15.0 Å². The van der Waals surface area contributed by atoms with Crippen molar-refractivity contribution in [2.75, 3.05) is 36.0 Å². The van der Waals surface area contributed by atoms with Gasteiger partial charge >= 0.3 is 0 Å². The average molecular weight is 400 g/mol. The minimum Gasteiger partial charge on any atom is -0.368 e. The standard InChI is InChI=1S/C23H24N6O/c24-21(30)16-7-9-17(10-8-16)28-12-14-29(15-13-28)23-18-4-3-6-19(18)26-22(27-23)20-5-1-2-11-25-20/h1-2,5,7-11H,3-4,6,12-15H2,(H2,24,30). The summed E-state index contributed by atoms with van der Waals surface area (Å²) >= 11 is 0. The number of carbonyl (C=O) groups is 1. The van der Waals surface area contributed by atoms with E-state index in [9.17, 15) is 4.79 Å². The van der Waals surface area contributed by atoms with Gasteiger partial charge in [-0.15, -0.1) is 0 Å². The Balaban J connectivity index is 1.37. The van der Waals surface area contributed by atoms with Gasteiger partial charge in [0, 0.05) is 54.9 Å². The number of benzene rings is 1. The molecule has 5 rings (SSSR count). The molecule has 0 atom stereocenters. The Kier molecular flexibility index (Phi) is 4.78. The first-order chi connectivity index (χ1) is 14.7. The maximum atomic E-state index is 11.3. The van der Waals surface area contributed by atoms with Crippen molar-refractivity contribution in [3.63, 3.8) is 0 Å². The molecular weight excluding hydrogens is 376 g/mol. The summed E-state index contributed by atoms with van der Waals surface area (Å²) in [6, 6.07) is 13.4. The lowest BCUT2D eigenvalue weighted by Crippen LogP contribution is -2.47. The van der Waals surface area contributed by atoms with Gasteiger partial charge in [-0.3, -0.25) is 9.78 Å². The fourth-order valence-electron chi connectivity index (χ4n) is 4.30. The van der Waals surface area contributed by atoms with E-state index in [0.717, 1.165) is 68.5 Å². The molecule has 2 aliphatic rings. The van der Waals surface area contributed by atoms with Gasteiger partial charge in [0.1, 0.15) is 11.5 Å². The number of nitrogens with two attached hydrogens (primary N) is 1. The van der Waals surface area contributed by atoms with Gasteiger partial charge in [-0.05, 0) is 55.7 Å². The first-order valence-corrected chi connectivity index (χ1v) is 10.4. The lowest BCUT2D eigenvalue weighted by molar-refractivity contribution is 0.100. The number of nitrogens with zero attached hydrogens (tertiary/aromatic N) is 5. The maximum absolute atomic E-state index is 11.3. The van der Waals surface area contributed by atoms with E-state index in [1.807, 2.05) is 30.3 Å². The van der Waals surface area contributed by atoms with Gasteiger partial charge in [0.15, 0.2) is 5.82 Å². The molecule has 0 saturated carbocycles. The van der Waals surface area contributed by atoms with E-state index in [2.05, 4.69) is 14.8 Å².